The van der Waals surface area contributed by atoms with Gasteiger partial charge >= 0.3 is 6.09 Å². The Bertz CT molecular complexity index is 1020. The Labute approximate surface area is 195 Å². The van der Waals surface area contributed by atoms with Crippen LogP contribution in [0.15, 0.2) is 78.9 Å². The van der Waals surface area contributed by atoms with Crippen LogP contribution in [0.3, 0.4) is 0 Å². The fourth-order valence-corrected chi connectivity index (χ4v) is 3.99. The van der Waals surface area contributed by atoms with E-state index in [0.717, 1.165) is 32.7 Å². The van der Waals surface area contributed by atoms with E-state index in [1.54, 1.807) is 6.07 Å². The maximum Gasteiger partial charge on any atom is 0.411 e. The summed E-state index contributed by atoms with van der Waals surface area (Å²) in [4.78, 5) is 16.9. The lowest BCUT2D eigenvalue weighted by molar-refractivity contribution is 0.137. The number of nitrogens with one attached hydrogen (secondary N) is 1. The minimum atomic E-state index is -0.459. The van der Waals surface area contributed by atoms with Crippen molar-refractivity contribution >= 4 is 17.5 Å². The first-order chi connectivity index (χ1) is 16.2. The van der Waals surface area contributed by atoms with Crippen LogP contribution in [0.2, 0.25) is 0 Å². The molecule has 1 amide bonds. The van der Waals surface area contributed by atoms with Gasteiger partial charge in [0.1, 0.15) is 12.4 Å². The molecule has 6 nitrogen and oxygen atoms in total. The maximum absolute atomic E-state index is 12.2. The average Bonchev–Trinajstić information content (AvgIpc) is 2.86. The summed E-state index contributed by atoms with van der Waals surface area (Å²) in [6, 6.07) is 26.6. The number of amides is 1. The number of hydrogen-bond donors (Lipinski definition) is 1. The van der Waals surface area contributed by atoms with Crippen molar-refractivity contribution in [3.63, 3.8) is 0 Å². The van der Waals surface area contributed by atoms with Gasteiger partial charge in [-0.2, -0.15) is 0 Å². The van der Waals surface area contributed by atoms with Gasteiger partial charge in [0.15, 0.2) is 0 Å². The molecule has 1 saturated heterocycles. The lowest BCUT2D eigenvalue weighted by Gasteiger charge is -2.36. The summed E-state index contributed by atoms with van der Waals surface area (Å²) in [7, 11) is 0. The largest absolute Gasteiger partial charge is 0.492 e. The third kappa shape index (κ3) is 6.26. The van der Waals surface area contributed by atoms with Crippen LogP contribution in [0.5, 0.6) is 5.75 Å². The molecule has 33 heavy (non-hydrogen) atoms. The highest BCUT2D eigenvalue weighted by Crippen LogP contribution is 2.25. The molecule has 1 fully saturated rings. The molecular formula is C27H31N3O3. The van der Waals surface area contributed by atoms with Gasteiger partial charge in [-0.05, 0) is 42.3 Å². The predicted octanol–water partition coefficient (Wildman–Crippen LogP) is 5.12. The monoisotopic (exact) mass is 445 g/mol. The Morgan fingerprint density at radius 2 is 1.52 bits per heavy atom. The zero-order chi connectivity index (χ0) is 22.9. The van der Waals surface area contributed by atoms with Crippen LogP contribution < -0.4 is 15.0 Å². The molecule has 6 heteroatoms. The van der Waals surface area contributed by atoms with Crippen molar-refractivity contribution in [2.45, 2.75) is 6.92 Å². The SMILES string of the molecule is CCOc1ccccc1NC(=O)OCCN1CCN(c2ccc(-c3ccccc3)cc2)CC1. The third-order valence-electron chi connectivity index (χ3n) is 5.78. The second kappa shape index (κ2) is 11.4. The molecule has 0 aliphatic carbocycles. The van der Waals surface area contributed by atoms with Crippen molar-refractivity contribution in [1.82, 2.24) is 4.90 Å². The van der Waals surface area contributed by atoms with Crippen molar-refractivity contribution < 1.29 is 14.3 Å². The van der Waals surface area contributed by atoms with Crippen molar-refractivity contribution in [2.24, 2.45) is 0 Å². The topological polar surface area (TPSA) is 54.0 Å². The normalized spacial score (nSPS) is 14.0. The van der Waals surface area contributed by atoms with Crippen LogP contribution in [0.1, 0.15) is 6.92 Å². The molecule has 0 bridgehead atoms. The molecule has 1 heterocycles. The number of hydrogen-bond acceptors (Lipinski definition) is 5. The summed E-state index contributed by atoms with van der Waals surface area (Å²) in [6.07, 6.45) is -0.459. The summed E-state index contributed by atoms with van der Waals surface area (Å²) in [5, 5.41) is 2.77. The molecule has 0 atom stereocenters. The van der Waals surface area contributed by atoms with Gasteiger partial charge in [-0.25, -0.2) is 4.79 Å². The van der Waals surface area contributed by atoms with Crippen LogP contribution in [-0.2, 0) is 4.74 Å². The molecule has 0 unspecified atom stereocenters. The first-order valence-corrected chi connectivity index (χ1v) is 11.5. The van der Waals surface area contributed by atoms with Crippen LogP contribution in [-0.4, -0.2) is 56.9 Å². The van der Waals surface area contributed by atoms with Crippen LogP contribution in [0.4, 0.5) is 16.2 Å². The highest BCUT2D eigenvalue weighted by Gasteiger charge is 2.17. The van der Waals surface area contributed by atoms with Gasteiger partial charge in [0.05, 0.1) is 12.3 Å². The van der Waals surface area contributed by atoms with Gasteiger partial charge in [-0.1, -0.05) is 54.6 Å². The molecule has 1 aliphatic heterocycles. The number of piperazine rings is 1. The molecular weight excluding hydrogens is 414 g/mol. The Morgan fingerprint density at radius 1 is 0.848 bits per heavy atom. The Kier molecular flexibility index (Phi) is 7.82. The predicted molar refractivity (Wildman–Crippen MR) is 133 cm³/mol. The summed E-state index contributed by atoms with van der Waals surface area (Å²) in [5.74, 6) is 0.643. The second-order valence-electron chi connectivity index (χ2n) is 7.93. The zero-order valence-electron chi connectivity index (χ0n) is 19.1. The van der Waals surface area contributed by atoms with Gasteiger partial charge < -0.3 is 14.4 Å². The van der Waals surface area contributed by atoms with E-state index >= 15 is 0 Å². The van der Waals surface area contributed by atoms with Crippen molar-refractivity contribution in [1.29, 1.82) is 0 Å². The minimum Gasteiger partial charge on any atom is -0.492 e. The molecule has 172 valence electrons. The number of rotatable bonds is 8. The fourth-order valence-electron chi connectivity index (χ4n) is 3.99. The first-order valence-electron chi connectivity index (χ1n) is 11.5. The van der Waals surface area contributed by atoms with Gasteiger partial charge in [-0.3, -0.25) is 10.2 Å². The minimum absolute atomic E-state index is 0.356. The maximum atomic E-state index is 12.2. The van der Waals surface area contributed by atoms with Gasteiger partial charge in [0.25, 0.3) is 0 Å². The smallest absolute Gasteiger partial charge is 0.411 e. The van der Waals surface area contributed by atoms with Crippen LogP contribution in [0, 0.1) is 0 Å². The summed E-state index contributed by atoms with van der Waals surface area (Å²) < 4.78 is 10.9. The first kappa shape index (κ1) is 22.7. The molecule has 0 radical (unpaired) electrons. The second-order valence-corrected chi connectivity index (χ2v) is 7.93. The molecule has 1 aliphatic rings. The molecule has 0 aromatic heterocycles. The van der Waals surface area contributed by atoms with E-state index in [-0.39, 0.29) is 0 Å². The van der Waals surface area contributed by atoms with E-state index < -0.39 is 6.09 Å². The van der Waals surface area contributed by atoms with E-state index in [2.05, 4.69) is 63.6 Å². The Balaban J connectivity index is 1.19. The number of carbonyl (C=O) groups excluding carboxylic acids is 1. The van der Waals surface area contributed by atoms with E-state index in [4.69, 9.17) is 9.47 Å². The molecule has 4 rings (SSSR count). The van der Waals surface area contributed by atoms with Crippen LogP contribution in [0.25, 0.3) is 11.1 Å². The summed E-state index contributed by atoms with van der Waals surface area (Å²) >= 11 is 0. The van der Waals surface area contributed by atoms with E-state index in [1.807, 2.05) is 31.2 Å². The average molecular weight is 446 g/mol. The number of anilines is 2. The number of carbonyl (C=O) groups is 1. The number of ether oxygens (including phenoxy) is 2. The highest BCUT2D eigenvalue weighted by molar-refractivity contribution is 5.86. The fraction of sp³-hybridized carbons (Fsp3) is 0.296. The quantitative estimate of drug-likeness (QED) is 0.521. The summed E-state index contributed by atoms with van der Waals surface area (Å²) in [5.41, 5.74) is 4.34. The lowest BCUT2D eigenvalue weighted by Crippen LogP contribution is -2.47. The van der Waals surface area contributed by atoms with Gasteiger partial charge in [0, 0.05) is 38.4 Å². The number of benzene rings is 3. The molecule has 1 N–H and O–H groups in total. The van der Waals surface area contributed by atoms with Gasteiger partial charge in [-0.15, -0.1) is 0 Å². The lowest BCUT2D eigenvalue weighted by atomic mass is 10.1. The highest BCUT2D eigenvalue weighted by atomic mass is 16.5. The van der Waals surface area contributed by atoms with E-state index in [0.29, 0.717) is 24.7 Å². The van der Waals surface area contributed by atoms with Crippen molar-refractivity contribution in [3.05, 3.63) is 78.9 Å². The standard InChI is InChI=1S/C27H31N3O3/c1-2-32-26-11-7-6-10-25(26)28-27(31)33-21-20-29-16-18-30(19-17-29)24-14-12-23(13-15-24)22-8-4-3-5-9-22/h3-15H,2,16-21H2,1H3,(H,28,31). The zero-order valence-corrected chi connectivity index (χ0v) is 19.1. The molecule has 0 spiro atoms. The van der Waals surface area contributed by atoms with Gasteiger partial charge in [0.2, 0.25) is 0 Å². The van der Waals surface area contributed by atoms with E-state index in [9.17, 15) is 4.79 Å². The number of nitrogens with zero attached hydrogens (tertiary/aromatic N) is 2. The summed E-state index contributed by atoms with van der Waals surface area (Å²) in [6.45, 7) is 7.33. The Morgan fingerprint density at radius 3 is 2.24 bits per heavy atom. The number of para-hydroxylation sites is 2. The molecule has 0 saturated carbocycles. The molecule has 3 aromatic rings. The van der Waals surface area contributed by atoms with E-state index in [1.165, 1.54) is 16.8 Å². The molecule has 3 aromatic carbocycles. The van der Waals surface area contributed by atoms with Crippen molar-refractivity contribution in [2.75, 3.05) is 56.2 Å². The third-order valence-corrected chi connectivity index (χ3v) is 5.78. The Hall–Kier alpha value is -3.51. The van der Waals surface area contributed by atoms with Crippen molar-refractivity contribution in [3.8, 4) is 16.9 Å². The van der Waals surface area contributed by atoms with Crippen LogP contribution >= 0.6 is 0 Å².